The van der Waals surface area contributed by atoms with E-state index in [0.29, 0.717) is 5.69 Å². The van der Waals surface area contributed by atoms with Gasteiger partial charge in [0.25, 0.3) is 0 Å². The maximum atomic E-state index is 11.8. The highest BCUT2D eigenvalue weighted by atomic mass is 32.2. The van der Waals surface area contributed by atoms with Crippen molar-refractivity contribution in [2.45, 2.75) is 4.90 Å². The van der Waals surface area contributed by atoms with Crippen molar-refractivity contribution in [3.8, 4) is 0 Å². The monoisotopic (exact) mass is 275 g/mol. The summed E-state index contributed by atoms with van der Waals surface area (Å²) >= 11 is 0. The number of anilines is 1. The van der Waals surface area contributed by atoms with E-state index in [9.17, 15) is 8.42 Å². The normalized spacial score (nSPS) is 11.6. The molecule has 0 saturated heterocycles. The highest BCUT2D eigenvalue weighted by Crippen LogP contribution is 2.15. The molecule has 2 N–H and O–H groups in total. The summed E-state index contributed by atoms with van der Waals surface area (Å²) in [4.78, 5) is 0.0689. The highest BCUT2D eigenvalue weighted by molar-refractivity contribution is 7.86. The molecule has 0 radical (unpaired) electrons. The molecule has 0 aliphatic carbocycles. The zero-order valence-electron chi connectivity index (χ0n) is 10.1. The van der Waals surface area contributed by atoms with Crippen molar-refractivity contribution in [1.29, 1.82) is 0 Å². The van der Waals surface area contributed by atoms with Gasteiger partial charge in [-0.2, -0.15) is 8.42 Å². The van der Waals surface area contributed by atoms with E-state index in [0.717, 1.165) is 11.8 Å². The van der Waals surface area contributed by atoms with Gasteiger partial charge in [-0.1, -0.05) is 30.3 Å². The van der Waals surface area contributed by atoms with Crippen molar-refractivity contribution in [1.82, 2.24) is 0 Å². The minimum Gasteiger partial charge on any atom is -0.399 e. The van der Waals surface area contributed by atoms with Gasteiger partial charge in [0.05, 0.1) is 0 Å². The minimum absolute atomic E-state index is 0.0689. The highest BCUT2D eigenvalue weighted by Gasteiger charge is 2.13. The molecule has 0 aliphatic rings. The lowest BCUT2D eigenvalue weighted by molar-refractivity contribution is 0.446. The van der Waals surface area contributed by atoms with E-state index in [4.69, 9.17) is 9.92 Å². The van der Waals surface area contributed by atoms with Crippen LogP contribution in [-0.2, 0) is 14.3 Å². The Kier molecular flexibility index (Phi) is 3.87. The largest absolute Gasteiger partial charge is 0.399 e. The average Bonchev–Trinajstić information content (AvgIpc) is 2.40. The first-order chi connectivity index (χ1) is 9.08. The van der Waals surface area contributed by atoms with Gasteiger partial charge >= 0.3 is 10.1 Å². The topological polar surface area (TPSA) is 69.4 Å². The van der Waals surface area contributed by atoms with Crippen LogP contribution >= 0.6 is 0 Å². The summed E-state index contributed by atoms with van der Waals surface area (Å²) < 4.78 is 28.4. The molecular formula is C14H13NO3S. The number of hydrogen-bond donors (Lipinski definition) is 1. The molecule has 0 unspecified atom stereocenters. The standard InChI is InChI=1S/C14H13NO3S/c15-13-6-8-14(9-7-13)19(16,17)18-11-10-12-4-2-1-3-5-12/h1-11H,15H2. The van der Waals surface area contributed by atoms with E-state index >= 15 is 0 Å². The predicted molar refractivity (Wildman–Crippen MR) is 74.6 cm³/mol. The van der Waals surface area contributed by atoms with E-state index in [1.54, 1.807) is 6.08 Å². The van der Waals surface area contributed by atoms with Crippen molar-refractivity contribution in [3.63, 3.8) is 0 Å². The summed E-state index contributed by atoms with van der Waals surface area (Å²) in [6.45, 7) is 0. The van der Waals surface area contributed by atoms with Crippen LogP contribution in [0.25, 0.3) is 6.08 Å². The molecule has 0 amide bonds. The quantitative estimate of drug-likeness (QED) is 0.529. The Morgan fingerprint density at radius 1 is 0.947 bits per heavy atom. The van der Waals surface area contributed by atoms with Crippen molar-refractivity contribution >= 4 is 21.9 Å². The lowest BCUT2D eigenvalue weighted by atomic mass is 10.2. The van der Waals surface area contributed by atoms with Crippen LogP contribution in [-0.4, -0.2) is 8.42 Å². The number of nitrogens with two attached hydrogens (primary N) is 1. The maximum Gasteiger partial charge on any atom is 0.338 e. The summed E-state index contributed by atoms with van der Waals surface area (Å²) in [7, 11) is -3.79. The van der Waals surface area contributed by atoms with Crippen LogP contribution in [0.3, 0.4) is 0 Å². The fraction of sp³-hybridized carbons (Fsp3) is 0. The molecular weight excluding hydrogens is 262 g/mol. The summed E-state index contributed by atoms with van der Waals surface area (Å²) in [5.74, 6) is 0. The summed E-state index contributed by atoms with van der Waals surface area (Å²) in [6, 6.07) is 15.1. The summed E-state index contributed by atoms with van der Waals surface area (Å²) in [5, 5.41) is 0. The van der Waals surface area contributed by atoms with Crippen LogP contribution in [0, 0.1) is 0 Å². The maximum absolute atomic E-state index is 11.8. The molecule has 0 fully saturated rings. The Bertz CT molecular complexity index is 662. The summed E-state index contributed by atoms with van der Waals surface area (Å²) in [6.07, 6.45) is 2.73. The second kappa shape index (κ2) is 5.58. The van der Waals surface area contributed by atoms with E-state index in [-0.39, 0.29) is 4.90 Å². The molecule has 5 heteroatoms. The van der Waals surface area contributed by atoms with Gasteiger partial charge in [0.1, 0.15) is 11.2 Å². The van der Waals surface area contributed by atoms with Crippen LogP contribution < -0.4 is 5.73 Å². The van der Waals surface area contributed by atoms with Crippen molar-refractivity contribution in [3.05, 3.63) is 66.4 Å². The Labute approximate surface area is 112 Å². The van der Waals surface area contributed by atoms with Crippen molar-refractivity contribution in [2.75, 3.05) is 5.73 Å². The van der Waals surface area contributed by atoms with Gasteiger partial charge in [0.2, 0.25) is 0 Å². The van der Waals surface area contributed by atoms with Crippen LogP contribution in [0.1, 0.15) is 5.56 Å². The third-order valence-corrected chi connectivity index (χ3v) is 3.63. The molecule has 2 aromatic rings. The number of benzene rings is 2. The summed E-state index contributed by atoms with van der Waals surface area (Å²) in [5.41, 5.74) is 6.85. The molecule has 2 aromatic carbocycles. The van der Waals surface area contributed by atoms with Crippen LogP contribution in [0.15, 0.2) is 65.8 Å². The van der Waals surface area contributed by atoms with E-state index in [2.05, 4.69) is 0 Å². The molecule has 4 nitrogen and oxygen atoms in total. The van der Waals surface area contributed by atoms with E-state index in [1.807, 2.05) is 30.3 Å². The molecule has 19 heavy (non-hydrogen) atoms. The van der Waals surface area contributed by atoms with Crippen LogP contribution in [0.4, 0.5) is 5.69 Å². The van der Waals surface area contributed by atoms with Gasteiger partial charge in [0.15, 0.2) is 0 Å². The van der Waals surface area contributed by atoms with Gasteiger partial charge in [-0.3, -0.25) is 0 Å². The molecule has 0 atom stereocenters. The second-order valence-electron chi connectivity index (χ2n) is 3.83. The van der Waals surface area contributed by atoms with Gasteiger partial charge < -0.3 is 9.92 Å². The van der Waals surface area contributed by atoms with Gasteiger partial charge in [-0.05, 0) is 35.9 Å². The second-order valence-corrected chi connectivity index (χ2v) is 5.40. The molecule has 2 rings (SSSR count). The molecule has 0 bridgehead atoms. The van der Waals surface area contributed by atoms with E-state index in [1.165, 1.54) is 24.3 Å². The molecule has 0 heterocycles. The SMILES string of the molecule is Nc1ccc(S(=O)(=O)OC=Cc2ccccc2)cc1. The van der Waals surface area contributed by atoms with Crippen molar-refractivity contribution < 1.29 is 12.6 Å². The Balaban J connectivity index is 2.10. The molecule has 98 valence electrons. The molecule has 0 aliphatic heterocycles. The zero-order valence-corrected chi connectivity index (χ0v) is 10.9. The third-order valence-electron chi connectivity index (χ3n) is 2.41. The molecule has 0 spiro atoms. The first-order valence-electron chi connectivity index (χ1n) is 5.58. The fourth-order valence-electron chi connectivity index (χ4n) is 1.43. The van der Waals surface area contributed by atoms with Gasteiger partial charge in [-0.25, -0.2) is 0 Å². The first kappa shape index (κ1) is 13.2. The van der Waals surface area contributed by atoms with Gasteiger partial charge in [-0.15, -0.1) is 0 Å². The van der Waals surface area contributed by atoms with Gasteiger partial charge in [0, 0.05) is 5.69 Å². The number of nitrogen functional groups attached to an aromatic ring is 1. The lowest BCUT2D eigenvalue weighted by Crippen LogP contribution is -2.02. The third kappa shape index (κ3) is 3.59. The van der Waals surface area contributed by atoms with Crippen LogP contribution in [0.5, 0.6) is 0 Å². The number of rotatable bonds is 4. The Hall–Kier alpha value is -2.27. The van der Waals surface area contributed by atoms with Crippen molar-refractivity contribution in [2.24, 2.45) is 0 Å². The van der Waals surface area contributed by atoms with E-state index < -0.39 is 10.1 Å². The first-order valence-corrected chi connectivity index (χ1v) is 6.99. The minimum atomic E-state index is -3.79. The lowest BCUT2D eigenvalue weighted by Gasteiger charge is -2.03. The smallest absolute Gasteiger partial charge is 0.338 e. The average molecular weight is 275 g/mol. The Morgan fingerprint density at radius 2 is 1.58 bits per heavy atom. The molecule has 0 aromatic heterocycles. The Morgan fingerprint density at radius 3 is 2.21 bits per heavy atom. The molecule has 0 saturated carbocycles. The fourth-order valence-corrected chi connectivity index (χ4v) is 2.22. The van der Waals surface area contributed by atoms with Crippen LogP contribution in [0.2, 0.25) is 0 Å². The zero-order chi connectivity index (χ0) is 13.7. The predicted octanol–water partition coefficient (Wildman–Crippen LogP) is 2.65. The number of hydrogen-bond acceptors (Lipinski definition) is 4.